The molecule has 4 N–H and O–H groups in total. The van der Waals surface area contributed by atoms with Crippen LogP contribution in [0.2, 0.25) is 0 Å². The van der Waals surface area contributed by atoms with Gasteiger partial charge >= 0.3 is 0 Å². The number of fused-ring (bicyclic) bond motifs is 5. The van der Waals surface area contributed by atoms with Gasteiger partial charge in [0.05, 0.1) is 30.1 Å². The lowest BCUT2D eigenvalue weighted by molar-refractivity contribution is -0.236. The van der Waals surface area contributed by atoms with Crippen LogP contribution in [0.15, 0.2) is 23.0 Å². The average Bonchev–Trinajstić information content (AvgIpc) is 3.13. The van der Waals surface area contributed by atoms with Crippen molar-refractivity contribution in [1.29, 1.82) is 0 Å². The van der Waals surface area contributed by atoms with Gasteiger partial charge in [-0.25, -0.2) is 4.98 Å². The Balaban J connectivity index is 1.67. The van der Waals surface area contributed by atoms with Gasteiger partial charge in [-0.2, -0.15) is 0 Å². The number of pyridine rings is 2. The molecule has 0 fully saturated rings. The minimum absolute atomic E-state index is 0.0224. The van der Waals surface area contributed by atoms with Crippen LogP contribution in [0.25, 0.3) is 22.3 Å². The molecule has 0 saturated carbocycles. The standard InChI is InChI=1S/C25H27N3O4/c1-4-25(31)15-9-18-21-13(10-28(18)22(29)14(15)11-32-23(25)30)12-7-8-24(2,3)20-16(26)5-6-17(27-21)19(12)20/h5-6,9,23,30-31H,4,7-8,10-11,26H2,1-3H3/t23?,25-/m0/s1. The fourth-order valence-corrected chi connectivity index (χ4v) is 5.96. The molecule has 1 aliphatic carbocycles. The van der Waals surface area contributed by atoms with E-state index in [2.05, 4.69) is 13.8 Å². The fraction of sp³-hybridized carbons (Fsp3) is 0.440. The smallest absolute Gasteiger partial charge is 0.257 e. The largest absolute Gasteiger partial charge is 0.398 e. The van der Waals surface area contributed by atoms with Gasteiger partial charge in [-0.05, 0) is 54.0 Å². The Hall–Kier alpha value is -2.74. The summed E-state index contributed by atoms with van der Waals surface area (Å²) in [5, 5.41) is 22.6. The number of hydrogen-bond acceptors (Lipinski definition) is 6. The van der Waals surface area contributed by atoms with E-state index in [1.807, 2.05) is 18.2 Å². The maximum absolute atomic E-state index is 13.5. The lowest BCUT2D eigenvalue weighted by atomic mass is 9.71. The summed E-state index contributed by atoms with van der Waals surface area (Å²) in [7, 11) is 0. The first kappa shape index (κ1) is 19.9. The SMILES string of the molecule is CC[C@]1(O)c2cc3n(c(=O)c2COC1O)Cc1c-3nc2ccc(N)c3c2c1CCC3(C)C. The Morgan fingerprint density at radius 3 is 2.81 bits per heavy atom. The summed E-state index contributed by atoms with van der Waals surface area (Å²) in [4.78, 5) is 18.5. The number of hydrogen-bond donors (Lipinski definition) is 3. The molecule has 7 nitrogen and oxygen atoms in total. The van der Waals surface area contributed by atoms with E-state index in [0.29, 0.717) is 23.4 Å². The predicted molar refractivity (Wildman–Crippen MR) is 121 cm³/mol. The quantitative estimate of drug-likeness (QED) is 0.398. The molecule has 0 radical (unpaired) electrons. The van der Waals surface area contributed by atoms with Crippen LogP contribution >= 0.6 is 0 Å². The third-order valence-electron chi connectivity index (χ3n) is 7.84. The molecule has 166 valence electrons. The molecule has 6 rings (SSSR count). The van der Waals surface area contributed by atoms with E-state index in [1.165, 1.54) is 5.56 Å². The van der Waals surface area contributed by atoms with E-state index < -0.39 is 11.9 Å². The van der Waals surface area contributed by atoms with Gasteiger partial charge in [-0.1, -0.05) is 20.8 Å². The summed E-state index contributed by atoms with van der Waals surface area (Å²) < 4.78 is 7.09. The predicted octanol–water partition coefficient (Wildman–Crippen LogP) is 2.68. The number of nitrogens with two attached hydrogens (primary N) is 1. The van der Waals surface area contributed by atoms with Crippen LogP contribution < -0.4 is 11.3 Å². The highest BCUT2D eigenvalue weighted by Crippen LogP contribution is 2.48. The monoisotopic (exact) mass is 433 g/mol. The molecule has 4 heterocycles. The van der Waals surface area contributed by atoms with Crippen molar-refractivity contribution in [2.24, 2.45) is 0 Å². The van der Waals surface area contributed by atoms with Gasteiger partial charge in [0, 0.05) is 27.8 Å². The highest BCUT2D eigenvalue weighted by Gasteiger charge is 2.45. The number of ether oxygens (including phenoxy) is 1. The van der Waals surface area contributed by atoms with Crippen molar-refractivity contribution in [3.05, 3.63) is 56.4 Å². The van der Waals surface area contributed by atoms with Crippen LogP contribution in [0.3, 0.4) is 0 Å². The van der Waals surface area contributed by atoms with Crippen molar-refractivity contribution in [3.63, 3.8) is 0 Å². The molecule has 1 unspecified atom stereocenters. The Morgan fingerprint density at radius 2 is 2.06 bits per heavy atom. The topological polar surface area (TPSA) is 111 Å². The summed E-state index contributed by atoms with van der Waals surface area (Å²) >= 11 is 0. The third kappa shape index (κ3) is 2.31. The highest BCUT2D eigenvalue weighted by molar-refractivity contribution is 5.95. The molecule has 0 saturated heterocycles. The number of rotatable bonds is 1. The second-order valence-corrected chi connectivity index (χ2v) is 9.98. The van der Waals surface area contributed by atoms with Crippen LogP contribution in [-0.4, -0.2) is 26.1 Å². The zero-order valence-electron chi connectivity index (χ0n) is 18.5. The Bertz CT molecular complexity index is 1390. The molecule has 0 spiro atoms. The molecule has 2 atom stereocenters. The molecule has 3 aliphatic rings. The lowest BCUT2D eigenvalue weighted by Crippen LogP contribution is -2.47. The zero-order chi connectivity index (χ0) is 22.6. The van der Waals surface area contributed by atoms with Gasteiger partial charge in [0.25, 0.3) is 5.56 Å². The number of aliphatic hydroxyl groups excluding tert-OH is 1. The number of anilines is 1. The lowest BCUT2D eigenvalue weighted by Gasteiger charge is -2.37. The van der Waals surface area contributed by atoms with Crippen molar-refractivity contribution >= 4 is 16.6 Å². The molecule has 2 aliphatic heterocycles. The van der Waals surface area contributed by atoms with Crippen LogP contribution in [0.4, 0.5) is 5.69 Å². The number of aromatic nitrogens is 2. The average molecular weight is 434 g/mol. The van der Waals surface area contributed by atoms with Crippen LogP contribution in [0.5, 0.6) is 0 Å². The first-order valence-corrected chi connectivity index (χ1v) is 11.2. The number of nitrogen functional groups attached to an aromatic ring is 1. The molecule has 0 amide bonds. The number of aliphatic hydroxyl groups is 2. The minimum Gasteiger partial charge on any atom is -0.398 e. The zero-order valence-corrected chi connectivity index (χ0v) is 18.5. The van der Waals surface area contributed by atoms with Crippen molar-refractivity contribution < 1.29 is 14.9 Å². The van der Waals surface area contributed by atoms with E-state index in [0.717, 1.165) is 46.3 Å². The van der Waals surface area contributed by atoms with Crippen LogP contribution in [0, 0.1) is 0 Å². The van der Waals surface area contributed by atoms with Crippen molar-refractivity contribution in [2.75, 3.05) is 5.73 Å². The maximum atomic E-state index is 13.5. The number of aryl methyl sites for hydroxylation is 1. The van der Waals surface area contributed by atoms with Crippen LogP contribution in [0.1, 0.15) is 61.4 Å². The van der Waals surface area contributed by atoms with E-state index in [4.69, 9.17) is 15.5 Å². The molecule has 3 aromatic rings. The summed E-state index contributed by atoms with van der Waals surface area (Å²) in [5.74, 6) is 0. The Morgan fingerprint density at radius 1 is 1.28 bits per heavy atom. The van der Waals surface area contributed by atoms with Crippen molar-refractivity contribution in [1.82, 2.24) is 9.55 Å². The molecule has 7 heteroatoms. The van der Waals surface area contributed by atoms with Crippen molar-refractivity contribution in [2.45, 2.75) is 70.5 Å². The van der Waals surface area contributed by atoms with Gasteiger partial charge < -0.3 is 25.3 Å². The van der Waals surface area contributed by atoms with Gasteiger partial charge in [0.2, 0.25) is 0 Å². The van der Waals surface area contributed by atoms with Gasteiger partial charge in [0.1, 0.15) is 5.60 Å². The first-order chi connectivity index (χ1) is 15.2. The molecular weight excluding hydrogens is 406 g/mol. The molecule has 0 bridgehead atoms. The van der Waals surface area contributed by atoms with E-state index in [1.54, 1.807) is 11.5 Å². The Kier molecular flexibility index (Phi) is 3.85. The molecule has 2 aromatic heterocycles. The summed E-state index contributed by atoms with van der Waals surface area (Å²) in [6.45, 7) is 6.63. The number of nitrogens with zero attached hydrogens (tertiary/aromatic N) is 2. The van der Waals surface area contributed by atoms with E-state index in [9.17, 15) is 15.0 Å². The molecule has 1 aromatic carbocycles. The fourth-order valence-electron chi connectivity index (χ4n) is 5.96. The second kappa shape index (κ2) is 6.19. The normalized spacial score (nSPS) is 24.8. The van der Waals surface area contributed by atoms with Crippen molar-refractivity contribution in [3.8, 4) is 11.4 Å². The third-order valence-corrected chi connectivity index (χ3v) is 7.84. The highest BCUT2D eigenvalue weighted by atomic mass is 16.6. The first-order valence-electron chi connectivity index (χ1n) is 11.2. The summed E-state index contributed by atoms with van der Waals surface area (Å²) in [5.41, 5.74) is 12.0. The second-order valence-electron chi connectivity index (χ2n) is 9.98. The molecule has 32 heavy (non-hydrogen) atoms. The van der Waals surface area contributed by atoms with Gasteiger partial charge in [-0.3, -0.25) is 4.79 Å². The maximum Gasteiger partial charge on any atom is 0.257 e. The van der Waals surface area contributed by atoms with Gasteiger partial charge in [-0.15, -0.1) is 0 Å². The summed E-state index contributed by atoms with van der Waals surface area (Å²) in [6.07, 6.45) is 0.720. The Labute approximate surface area is 185 Å². The van der Waals surface area contributed by atoms with Crippen LogP contribution in [-0.2, 0) is 35.3 Å². The van der Waals surface area contributed by atoms with E-state index in [-0.39, 0.29) is 24.0 Å². The summed E-state index contributed by atoms with van der Waals surface area (Å²) in [6, 6.07) is 5.71. The van der Waals surface area contributed by atoms with Gasteiger partial charge in [0.15, 0.2) is 6.29 Å². The molecular formula is C25H27N3O4. The number of benzene rings is 1. The minimum atomic E-state index is -1.62. The van der Waals surface area contributed by atoms with E-state index >= 15 is 0 Å².